The fourth-order valence-electron chi connectivity index (χ4n) is 9.36. The van der Waals surface area contributed by atoms with Crippen molar-refractivity contribution in [3.63, 3.8) is 0 Å². The van der Waals surface area contributed by atoms with Gasteiger partial charge < -0.3 is 0 Å². The third-order valence-electron chi connectivity index (χ3n) is 12.8. The van der Waals surface area contributed by atoms with Gasteiger partial charge in [-0.05, 0) is 125 Å². The molecule has 2 nitrogen and oxygen atoms in total. The van der Waals surface area contributed by atoms with Gasteiger partial charge in [0.15, 0.2) is 5.82 Å². The van der Waals surface area contributed by atoms with Crippen LogP contribution in [0.15, 0.2) is 255 Å². The van der Waals surface area contributed by atoms with Gasteiger partial charge in [0.1, 0.15) is 0 Å². The van der Waals surface area contributed by atoms with E-state index in [0.29, 0.717) is 5.82 Å². The Morgan fingerprint density at radius 2 is 0.591 bits per heavy atom. The molecule has 1 heterocycles. The number of rotatable bonds is 8. The van der Waals surface area contributed by atoms with Crippen molar-refractivity contribution >= 4 is 32.4 Å². The highest BCUT2D eigenvalue weighted by atomic mass is 14.9. The summed E-state index contributed by atoms with van der Waals surface area (Å²) in [6.07, 6.45) is 0. The van der Waals surface area contributed by atoms with Gasteiger partial charge in [-0.15, -0.1) is 0 Å². The van der Waals surface area contributed by atoms with Crippen LogP contribution in [0.2, 0.25) is 0 Å². The van der Waals surface area contributed by atoms with Gasteiger partial charge >= 0.3 is 0 Å². The minimum atomic E-state index is 0.715. The van der Waals surface area contributed by atoms with E-state index in [4.69, 9.17) is 9.97 Å². The third-order valence-corrected chi connectivity index (χ3v) is 12.8. The van der Waals surface area contributed by atoms with Crippen LogP contribution in [0.4, 0.5) is 0 Å². The predicted molar refractivity (Wildman–Crippen MR) is 278 cm³/mol. The van der Waals surface area contributed by atoms with E-state index in [-0.39, 0.29) is 0 Å². The fourth-order valence-corrected chi connectivity index (χ4v) is 9.36. The Kier molecular flexibility index (Phi) is 9.89. The number of benzene rings is 11. The molecule has 11 aromatic carbocycles. The molecule has 0 atom stereocenters. The minimum absolute atomic E-state index is 0.715. The minimum Gasteiger partial charge on any atom is -0.227 e. The molecule has 1 aromatic heterocycles. The number of hydrogen-bond donors (Lipinski definition) is 0. The first-order valence-electron chi connectivity index (χ1n) is 22.5. The van der Waals surface area contributed by atoms with Gasteiger partial charge in [-0.3, -0.25) is 0 Å². The molecule has 0 fully saturated rings. The van der Waals surface area contributed by atoms with Crippen molar-refractivity contribution in [3.05, 3.63) is 255 Å². The van der Waals surface area contributed by atoms with E-state index in [2.05, 4.69) is 255 Å². The summed E-state index contributed by atoms with van der Waals surface area (Å²) in [5.74, 6) is 0.715. The largest absolute Gasteiger partial charge is 0.227 e. The van der Waals surface area contributed by atoms with Crippen molar-refractivity contribution in [2.75, 3.05) is 0 Å². The van der Waals surface area contributed by atoms with Crippen LogP contribution in [0.5, 0.6) is 0 Å². The third kappa shape index (κ3) is 7.51. The summed E-state index contributed by atoms with van der Waals surface area (Å²) >= 11 is 0. The lowest BCUT2D eigenvalue weighted by molar-refractivity contribution is 1.23. The van der Waals surface area contributed by atoms with Crippen LogP contribution < -0.4 is 0 Å². The average molecular weight is 839 g/mol. The first-order valence-corrected chi connectivity index (χ1v) is 22.5. The van der Waals surface area contributed by atoms with Crippen LogP contribution in [0, 0.1) is 0 Å². The average Bonchev–Trinajstić information content (AvgIpc) is 3.41. The Labute approximate surface area is 384 Å². The molecular weight excluding hydrogens is 797 g/mol. The van der Waals surface area contributed by atoms with Crippen molar-refractivity contribution in [2.45, 2.75) is 0 Å². The molecule has 308 valence electrons. The molecule has 0 amide bonds. The second-order valence-electron chi connectivity index (χ2n) is 17.0. The molecule has 66 heavy (non-hydrogen) atoms. The number of hydrogen-bond acceptors (Lipinski definition) is 2. The zero-order valence-electron chi connectivity index (χ0n) is 36.1. The van der Waals surface area contributed by atoms with Gasteiger partial charge in [0.05, 0.1) is 11.2 Å². The van der Waals surface area contributed by atoms with Gasteiger partial charge in [-0.2, -0.15) is 0 Å². The molecule has 0 aliphatic heterocycles. The highest BCUT2D eigenvalue weighted by Crippen LogP contribution is 2.38. The van der Waals surface area contributed by atoms with Crippen LogP contribution in [0.3, 0.4) is 0 Å². The maximum atomic E-state index is 5.27. The van der Waals surface area contributed by atoms with Gasteiger partial charge in [-0.25, -0.2) is 9.97 Å². The van der Waals surface area contributed by atoms with Crippen molar-refractivity contribution < 1.29 is 0 Å². The molecule has 0 aliphatic rings. The maximum absolute atomic E-state index is 5.27. The monoisotopic (exact) mass is 838 g/mol. The normalized spacial score (nSPS) is 11.3. The Hall–Kier alpha value is -8.72. The molecule has 2 heteroatoms. The van der Waals surface area contributed by atoms with Crippen LogP contribution in [0.25, 0.3) is 122 Å². The summed E-state index contributed by atoms with van der Waals surface area (Å²) in [4.78, 5) is 10.5. The lowest BCUT2D eigenvalue weighted by atomic mass is 9.91. The summed E-state index contributed by atoms with van der Waals surface area (Å²) in [6.45, 7) is 0. The van der Waals surface area contributed by atoms with E-state index in [0.717, 1.165) is 49.6 Å². The van der Waals surface area contributed by atoms with E-state index in [1.54, 1.807) is 0 Å². The van der Waals surface area contributed by atoms with Crippen molar-refractivity contribution in [1.82, 2.24) is 9.97 Å². The van der Waals surface area contributed by atoms with Gasteiger partial charge in [-0.1, -0.05) is 212 Å². The second-order valence-corrected chi connectivity index (χ2v) is 17.0. The van der Waals surface area contributed by atoms with Crippen molar-refractivity contribution in [1.29, 1.82) is 0 Å². The van der Waals surface area contributed by atoms with E-state index in [9.17, 15) is 0 Å². The first-order chi connectivity index (χ1) is 32.7. The van der Waals surface area contributed by atoms with Gasteiger partial charge in [0.25, 0.3) is 0 Å². The topological polar surface area (TPSA) is 25.8 Å². The molecule has 12 rings (SSSR count). The molecule has 0 aliphatic carbocycles. The highest BCUT2D eigenvalue weighted by Gasteiger charge is 2.15. The van der Waals surface area contributed by atoms with E-state index >= 15 is 0 Å². The molecule has 0 N–H and O–H groups in total. The summed E-state index contributed by atoms with van der Waals surface area (Å²) in [5, 5.41) is 5.74. The molecule has 0 saturated heterocycles. The second kappa shape index (κ2) is 16.8. The van der Waals surface area contributed by atoms with Crippen LogP contribution in [-0.2, 0) is 0 Å². The molecule has 0 saturated carbocycles. The molecule has 0 bridgehead atoms. The number of nitrogens with zero attached hydrogens (tertiary/aromatic N) is 2. The van der Waals surface area contributed by atoms with Gasteiger partial charge in [0.2, 0.25) is 0 Å². The Morgan fingerprint density at radius 3 is 1.20 bits per heavy atom. The quantitative estimate of drug-likeness (QED) is 0.143. The van der Waals surface area contributed by atoms with Crippen LogP contribution in [-0.4, -0.2) is 9.97 Å². The van der Waals surface area contributed by atoms with Crippen LogP contribution in [0.1, 0.15) is 0 Å². The lowest BCUT2D eigenvalue weighted by Crippen LogP contribution is -1.96. The van der Waals surface area contributed by atoms with E-state index < -0.39 is 0 Å². The zero-order chi connectivity index (χ0) is 43.8. The summed E-state index contributed by atoms with van der Waals surface area (Å²) in [6, 6.07) is 91.5. The van der Waals surface area contributed by atoms with Crippen molar-refractivity contribution in [2.24, 2.45) is 0 Å². The zero-order valence-corrected chi connectivity index (χ0v) is 36.1. The standard InChI is InChI=1S/C64H42N2/c1-3-13-43(14-4-1)57-40-58(44-15-5-2-6-16-44)42-59(41-57)55-23-12-22-54(38-55)53-21-11-20-52(37-53)48-27-25-46(26-28-48)47-29-32-50(33-30-47)64-65-62(56-34-31-45-17-7-8-19-51(45)39-56)61-36-35-49-18-9-10-24-60(49)63(61)66-64/h1-42H. The summed E-state index contributed by atoms with van der Waals surface area (Å²) in [5.41, 5.74) is 18.2. The molecular formula is C64H42N2. The summed E-state index contributed by atoms with van der Waals surface area (Å²) < 4.78 is 0. The van der Waals surface area contributed by atoms with Crippen molar-refractivity contribution in [3.8, 4) is 89.4 Å². The Balaban J connectivity index is 0.835. The number of fused-ring (bicyclic) bond motifs is 4. The highest BCUT2D eigenvalue weighted by molar-refractivity contribution is 6.10. The maximum Gasteiger partial charge on any atom is 0.160 e. The molecule has 0 unspecified atom stereocenters. The predicted octanol–water partition coefficient (Wildman–Crippen LogP) is 17.3. The van der Waals surface area contributed by atoms with E-state index in [1.165, 1.54) is 66.4 Å². The smallest absolute Gasteiger partial charge is 0.160 e. The van der Waals surface area contributed by atoms with E-state index in [1.807, 2.05) is 0 Å². The van der Waals surface area contributed by atoms with Crippen LogP contribution >= 0.6 is 0 Å². The Bertz CT molecular complexity index is 3670. The fraction of sp³-hybridized carbons (Fsp3) is 0. The molecule has 0 spiro atoms. The molecule has 12 aromatic rings. The SMILES string of the molecule is c1ccc(-c2cc(-c3ccccc3)cc(-c3cccc(-c4cccc(-c5ccc(-c6ccc(-c7nc(-c8ccc9ccccc9c8)c8ccc9ccccc9c8n7)cc6)cc5)c4)c3)c2)cc1. The lowest BCUT2D eigenvalue weighted by Gasteiger charge is -2.13. The first kappa shape index (κ1) is 38.9. The summed E-state index contributed by atoms with van der Waals surface area (Å²) in [7, 11) is 0. The number of aromatic nitrogens is 2. The van der Waals surface area contributed by atoms with Gasteiger partial charge in [0, 0.05) is 21.9 Å². The molecule has 0 radical (unpaired) electrons. The Morgan fingerprint density at radius 1 is 0.197 bits per heavy atom.